The fourth-order valence-electron chi connectivity index (χ4n) is 2.67. The summed E-state index contributed by atoms with van der Waals surface area (Å²) in [5, 5.41) is 2.35. The molecular formula is C23H16F3NO4. The Labute approximate surface area is 175 Å². The van der Waals surface area contributed by atoms with Crippen LogP contribution in [0.15, 0.2) is 66.7 Å². The lowest BCUT2D eigenvalue weighted by atomic mass is 10.0. The van der Waals surface area contributed by atoms with E-state index in [1.54, 1.807) is 0 Å². The zero-order valence-corrected chi connectivity index (χ0v) is 16.0. The van der Waals surface area contributed by atoms with Crippen LogP contribution in [0.2, 0.25) is 0 Å². The number of hydrogen-bond donors (Lipinski definition) is 1. The van der Waals surface area contributed by atoms with Crippen molar-refractivity contribution in [2.45, 2.75) is 6.42 Å². The maximum absolute atomic E-state index is 13.6. The number of ether oxygens (including phenoxy) is 1. The van der Waals surface area contributed by atoms with Crippen LogP contribution in [-0.4, -0.2) is 24.2 Å². The van der Waals surface area contributed by atoms with Gasteiger partial charge in [0.15, 0.2) is 5.78 Å². The average molecular weight is 427 g/mol. The number of ketones is 1. The van der Waals surface area contributed by atoms with Gasteiger partial charge in [0.2, 0.25) is 0 Å². The van der Waals surface area contributed by atoms with Crippen molar-refractivity contribution in [3.63, 3.8) is 0 Å². The van der Waals surface area contributed by atoms with Gasteiger partial charge in [-0.15, -0.1) is 0 Å². The van der Waals surface area contributed by atoms with E-state index in [0.717, 1.165) is 12.1 Å². The molecule has 0 atom stereocenters. The largest absolute Gasteiger partial charge is 0.426 e. The highest BCUT2D eigenvalue weighted by Crippen LogP contribution is 2.16. The molecule has 158 valence electrons. The zero-order valence-electron chi connectivity index (χ0n) is 16.0. The predicted octanol–water partition coefficient (Wildman–Crippen LogP) is 4.06. The molecule has 3 aromatic carbocycles. The SMILES string of the molecule is O=C(CCNC(=O)c1ccc(F)cc1F)Oc1ccc(C(=O)c2ccc(F)cc2)cc1. The molecule has 0 radical (unpaired) electrons. The third-order valence-electron chi connectivity index (χ3n) is 4.25. The van der Waals surface area contributed by atoms with Crippen molar-refractivity contribution in [2.75, 3.05) is 6.54 Å². The number of benzene rings is 3. The highest BCUT2D eigenvalue weighted by Gasteiger charge is 2.14. The van der Waals surface area contributed by atoms with Crippen LogP contribution in [0.1, 0.15) is 32.7 Å². The molecule has 0 heterocycles. The molecule has 3 rings (SSSR count). The second-order valence-corrected chi connectivity index (χ2v) is 6.46. The van der Waals surface area contributed by atoms with Crippen LogP contribution in [0.5, 0.6) is 5.75 Å². The first-order valence-electron chi connectivity index (χ1n) is 9.18. The van der Waals surface area contributed by atoms with Crippen molar-refractivity contribution < 1.29 is 32.3 Å². The first kappa shape index (κ1) is 21.8. The van der Waals surface area contributed by atoms with Gasteiger partial charge in [0.1, 0.15) is 23.2 Å². The van der Waals surface area contributed by atoms with E-state index in [2.05, 4.69) is 5.32 Å². The Balaban J connectivity index is 1.49. The van der Waals surface area contributed by atoms with E-state index in [-0.39, 0.29) is 30.1 Å². The fraction of sp³-hybridized carbons (Fsp3) is 0.0870. The summed E-state index contributed by atoms with van der Waals surface area (Å²) in [5.74, 6) is -3.81. The Hall–Kier alpha value is -3.94. The maximum Gasteiger partial charge on any atom is 0.312 e. The van der Waals surface area contributed by atoms with Crippen LogP contribution in [-0.2, 0) is 4.79 Å². The Bertz CT molecular complexity index is 1110. The molecule has 1 amide bonds. The standard InChI is InChI=1S/C23H16F3NO4/c24-16-5-1-14(2-6-16)22(29)15-3-8-18(9-4-15)31-21(28)11-12-27-23(30)19-10-7-17(25)13-20(19)26/h1-10,13H,11-12H2,(H,27,30). The van der Waals surface area contributed by atoms with Crippen molar-refractivity contribution in [3.05, 3.63) is 101 Å². The van der Waals surface area contributed by atoms with Gasteiger partial charge < -0.3 is 10.1 Å². The van der Waals surface area contributed by atoms with Gasteiger partial charge in [0, 0.05) is 23.7 Å². The molecule has 0 aliphatic rings. The number of rotatable bonds is 7. The average Bonchev–Trinajstić information content (AvgIpc) is 2.74. The lowest BCUT2D eigenvalue weighted by Crippen LogP contribution is -2.27. The van der Waals surface area contributed by atoms with E-state index >= 15 is 0 Å². The van der Waals surface area contributed by atoms with Gasteiger partial charge in [-0.25, -0.2) is 13.2 Å². The van der Waals surface area contributed by atoms with E-state index in [1.165, 1.54) is 48.5 Å². The van der Waals surface area contributed by atoms with Crippen LogP contribution < -0.4 is 10.1 Å². The normalized spacial score (nSPS) is 10.4. The molecule has 0 unspecified atom stereocenters. The molecule has 0 spiro atoms. The van der Waals surface area contributed by atoms with Crippen molar-refractivity contribution in [1.29, 1.82) is 0 Å². The van der Waals surface area contributed by atoms with Gasteiger partial charge in [0.25, 0.3) is 5.91 Å². The molecule has 5 nitrogen and oxygen atoms in total. The minimum absolute atomic E-state index is 0.115. The van der Waals surface area contributed by atoms with E-state index in [1.807, 2.05) is 0 Å². The molecule has 3 aromatic rings. The van der Waals surface area contributed by atoms with Crippen molar-refractivity contribution >= 4 is 17.7 Å². The summed E-state index contributed by atoms with van der Waals surface area (Å²) < 4.78 is 44.5. The van der Waals surface area contributed by atoms with Gasteiger partial charge in [-0.3, -0.25) is 14.4 Å². The van der Waals surface area contributed by atoms with E-state index in [9.17, 15) is 27.6 Å². The van der Waals surface area contributed by atoms with Crippen LogP contribution in [0, 0.1) is 17.5 Å². The Kier molecular flexibility index (Phi) is 6.81. The summed E-state index contributed by atoms with van der Waals surface area (Å²) in [7, 11) is 0. The first-order chi connectivity index (χ1) is 14.8. The monoisotopic (exact) mass is 427 g/mol. The summed E-state index contributed by atoms with van der Waals surface area (Å²) in [5.41, 5.74) is 0.315. The maximum atomic E-state index is 13.6. The summed E-state index contributed by atoms with van der Waals surface area (Å²) in [6.07, 6.45) is -0.190. The third-order valence-corrected chi connectivity index (χ3v) is 4.25. The van der Waals surface area contributed by atoms with Crippen LogP contribution in [0.4, 0.5) is 13.2 Å². The smallest absolute Gasteiger partial charge is 0.312 e. The number of nitrogens with one attached hydrogen (secondary N) is 1. The molecule has 0 fully saturated rings. The Morgan fingerprint density at radius 1 is 0.774 bits per heavy atom. The molecule has 1 N–H and O–H groups in total. The molecule has 0 aromatic heterocycles. The minimum atomic E-state index is -1.00. The predicted molar refractivity (Wildman–Crippen MR) is 105 cm³/mol. The third kappa shape index (κ3) is 5.79. The zero-order chi connectivity index (χ0) is 22.4. The van der Waals surface area contributed by atoms with Gasteiger partial charge in [0.05, 0.1) is 12.0 Å². The van der Waals surface area contributed by atoms with E-state index < -0.39 is 29.3 Å². The Morgan fingerprint density at radius 3 is 1.97 bits per heavy atom. The molecule has 0 saturated heterocycles. The van der Waals surface area contributed by atoms with Crippen molar-refractivity contribution in [3.8, 4) is 5.75 Å². The fourth-order valence-corrected chi connectivity index (χ4v) is 2.67. The number of hydrogen-bond acceptors (Lipinski definition) is 4. The van der Waals surface area contributed by atoms with Crippen LogP contribution in [0.25, 0.3) is 0 Å². The second kappa shape index (κ2) is 9.71. The number of carbonyl (C=O) groups is 3. The summed E-state index contributed by atoms with van der Waals surface area (Å²) in [6, 6.07) is 13.5. The van der Waals surface area contributed by atoms with Gasteiger partial charge in [-0.1, -0.05) is 0 Å². The molecule has 0 aliphatic carbocycles. The topological polar surface area (TPSA) is 72.5 Å². The van der Waals surface area contributed by atoms with Crippen molar-refractivity contribution in [2.24, 2.45) is 0 Å². The molecule has 0 aliphatic heterocycles. The molecule has 31 heavy (non-hydrogen) atoms. The Morgan fingerprint density at radius 2 is 1.35 bits per heavy atom. The molecule has 0 saturated carbocycles. The number of carbonyl (C=O) groups excluding carboxylic acids is 3. The number of esters is 1. The van der Waals surface area contributed by atoms with E-state index in [4.69, 9.17) is 4.74 Å². The first-order valence-corrected chi connectivity index (χ1v) is 9.18. The molecule has 8 heteroatoms. The highest BCUT2D eigenvalue weighted by atomic mass is 19.1. The molecular weight excluding hydrogens is 411 g/mol. The van der Waals surface area contributed by atoms with Gasteiger partial charge in [-0.2, -0.15) is 0 Å². The van der Waals surface area contributed by atoms with Crippen LogP contribution in [0.3, 0.4) is 0 Å². The number of halogens is 3. The highest BCUT2D eigenvalue weighted by molar-refractivity contribution is 6.09. The quantitative estimate of drug-likeness (QED) is 0.351. The van der Waals surface area contributed by atoms with Gasteiger partial charge >= 0.3 is 5.97 Å². The summed E-state index contributed by atoms with van der Waals surface area (Å²) >= 11 is 0. The minimum Gasteiger partial charge on any atom is -0.426 e. The lowest BCUT2D eigenvalue weighted by Gasteiger charge is -2.07. The number of amides is 1. The lowest BCUT2D eigenvalue weighted by molar-refractivity contribution is -0.134. The van der Waals surface area contributed by atoms with Gasteiger partial charge in [-0.05, 0) is 60.7 Å². The van der Waals surface area contributed by atoms with Crippen molar-refractivity contribution in [1.82, 2.24) is 5.32 Å². The second-order valence-electron chi connectivity index (χ2n) is 6.46. The van der Waals surface area contributed by atoms with E-state index in [0.29, 0.717) is 17.2 Å². The molecule has 0 bridgehead atoms. The van der Waals surface area contributed by atoms with Crippen LogP contribution >= 0.6 is 0 Å². The summed E-state index contributed by atoms with van der Waals surface area (Å²) in [4.78, 5) is 36.1. The summed E-state index contributed by atoms with van der Waals surface area (Å²) in [6.45, 7) is -0.115.